The molecule has 0 bridgehead atoms. The van der Waals surface area contributed by atoms with Crippen molar-refractivity contribution >= 4 is 32.1 Å². The minimum Gasteiger partial charge on any atom is -0.295 e. The highest BCUT2D eigenvalue weighted by Crippen LogP contribution is 2.28. The summed E-state index contributed by atoms with van der Waals surface area (Å²) in [6, 6.07) is 16.3. The van der Waals surface area contributed by atoms with Gasteiger partial charge in [-0.15, -0.1) is 11.3 Å². The smallest absolute Gasteiger partial charge is 0.243 e. The molecule has 0 saturated carbocycles. The van der Waals surface area contributed by atoms with Gasteiger partial charge in [-0.25, -0.2) is 13.4 Å². The number of hydrogen-bond acceptors (Lipinski definition) is 6. The van der Waals surface area contributed by atoms with Gasteiger partial charge in [0.2, 0.25) is 10.0 Å². The molecule has 33 heavy (non-hydrogen) atoms. The number of carbonyl (C=O) groups excluding carboxylic acids is 1. The normalized spacial score (nSPS) is 15.8. The van der Waals surface area contributed by atoms with Crippen molar-refractivity contribution in [2.24, 2.45) is 0 Å². The third kappa shape index (κ3) is 4.24. The molecule has 0 N–H and O–H groups in total. The zero-order valence-corrected chi connectivity index (χ0v) is 19.8. The Balaban J connectivity index is 1.32. The van der Waals surface area contributed by atoms with Gasteiger partial charge in [-0.2, -0.15) is 4.31 Å². The van der Waals surface area contributed by atoms with E-state index >= 15 is 0 Å². The standard InChI is InChI=1S/C24H24N4O3S2/c1-18(29)19-7-9-21(10-8-19)33(30,31)27-13-11-26(12-14-27)17-22-23(20-5-3-2-4-6-20)25-24-28(22)15-16-32-24/h2-10,15-16H,11-14,17H2,1H3. The van der Waals surface area contributed by atoms with E-state index in [1.165, 1.54) is 23.4 Å². The molecule has 0 amide bonds. The summed E-state index contributed by atoms with van der Waals surface area (Å²) in [5.74, 6) is -0.0814. The predicted molar refractivity (Wildman–Crippen MR) is 129 cm³/mol. The number of Topliss-reactive ketones (excluding diaryl/α,β-unsaturated/α-hetero) is 1. The van der Waals surface area contributed by atoms with E-state index in [4.69, 9.17) is 4.98 Å². The number of piperazine rings is 1. The van der Waals surface area contributed by atoms with Crippen molar-refractivity contribution in [3.05, 3.63) is 77.4 Å². The van der Waals surface area contributed by atoms with E-state index in [-0.39, 0.29) is 10.7 Å². The van der Waals surface area contributed by atoms with Gasteiger partial charge >= 0.3 is 0 Å². The Hall–Kier alpha value is -2.85. The van der Waals surface area contributed by atoms with Crippen LogP contribution in [0.3, 0.4) is 0 Å². The molecule has 9 heteroatoms. The fourth-order valence-electron chi connectivity index (χ4n) is 4.16. The van der Waals surface area contributed by atoms with E-state index in [0.29, 0.717) is 38.3 Å². The summed E-state index contributed by atoms with van der Waals surface area (Å²) in [6.45, 7) is 4.28. The van der Waals surface area contributed by atoms with Crippen molar-refractivity contribution in [1.29, 1.82) is 0 Å². The highest BCUT2D eigenvalue weighted by atomic mass is 32.2. The fraction of sp³-hybridized carbons (Fsp3) is 0.250. The second-order valence-electron chi connectivity index (χ2n) is 8.09. The van der Waals surface area contributed by atoms with Gasteiger partial charge < -0.3 is 0 Å². The molecular weight excluding hydrogens is 456 g/mol. The van der Waals surface area contributed by atoms with E-state index in [2.05, 4.69) is 21.4 Å². The summed E-state index contributed by atoms with van der Waals surface area (Å²) < 4.78 is 29.8. The Morgan fingerprint density at radius 2 is 1.70 bits per heavy atom. The van der Waals surface area contributed by atoms with Crippen molar-refractivity contribution in [3.63, 3.8) is 0 Å². The molecule has 2 aromatic heterocycles. The summed E-state index contributed by atoms with van der Waals surface area (Å²) >= 11 is 1.61. The first-order valence-electron chi connectivity index (χ1n) is 10.8. The Labute approximate surface area is 197 Å². The van der Waals surface area contributed by atoms with Crippen LogP contribution in [0.2, 0.25) is 0 Å². The number of benzene rings is 2. The third-order valence-corrected chi connectivity index (χ3v) is 8.68. The minimum atomic E-state index is -3.59. The summed E-state index contributed by atoms with van der Waals surface area (Å²) in [4.78, 5) is 19.8. The predicted octanol–water partition coefficient (Wildman–Crippen LogP) is 3.77. The third-order valence-electron chi connectivity index (χ3n) is 6.01. The van der Waals surface area contributed by atoms with Crippen LogP contribution in [0, 0.1) is 0 Å². The Bertz CT molecular complexity index is 1380. The topological polar surface area (TPSA) is 75.0 Å². The Morgan fingerprint density at radius 3 is 2.36 bits per heavy atom. The molecule has 5 rings (SSSR count). The number of thiazole rings is 1. The van der Waals surface area contributed by atoms with Crippen LogP contribution in [0.4, 0.5) is 0 Å². The fourth-order valence-corrected chi connectivity index (χ4v) is 6.32. The number of sulfonamides is 1. The van der Waals surface area contributed by atoms with E-state index < -0.39 is 10.0 Å². The maximum Gasteiger partial charge on any atom is 0.243 e. The van der Waals surface area contributed by atoms with Crippen LogP contribution >= 0.6 is 11.3 Å². The maximum absolute atomic E-state index is 13.1. The van der Waals surface area contributed by atoms with Crippen LogP contribution in [0.15, 0.2) is 71.1 Å². The van der Waals surface area contributed by atoms with Gasteiger partial charge in [-0.3, -0.25) is 14.1 Å². The molecule has 0 aliphatic carbocycles. The van der Waals surface area contributed by atoms with Gasteiger partial charge in [0.05, 0.1) is 16.3 Å². The van der Waals surface area contributed by atoms with E-state index in [1.54, 1.807) is 23.5 Å². The summed E-state index contributed by atoms with van der Waals surface area (Å²) in [7, 11) is -3.59. The lowest BCUT2D eigenvalue weighted by Crippen LogP contribution is -2.48. The molecule has 0 spiro atoms. The molecule has 170 valence electrons. The van der Waals surface area contributed by atoms with Crippen LogP contribution in [0.25, 0.3) is 16.2 Å². The number of fused-ring (bicyclic) bond motifs is 1. The lowest BCUT2D eigenvalue weighted by molar-refractivity contribution is 0.101. The first-order chi connectivity index (χ1) is 15.9. The van der Waals surface area contributed by atoms with Gasteiger partial charge in [0.1, 0.15) is 0 Å². The number of nitrogens with zero attached hydrogens (tertiary/aromatic N) is 4. The molecule has 0 radical (unpaired) electrons. The number of ketones is 1. The molecule has 4 aromatic rings. The van der Waals surface area contributed by atoms with Crippen LogP contribution in [0.5, 0.6) is 0 Å². The number of aromatic nitrogens is 2. The second-order valence-corrected chi connectivity index (χ2v) is 10.9. The lowest BCUT2D eigenvalue weighted by atomic mass is 10.1. The summed E-state index contributed by atoms with van der Waals surface area (Å²) in [5.41, 5.74) is 3.68. The van der Waals surface area contributed by atoms with Crippen molar-refractivity contribution in [2.75, 3.05) is 26.2 Å². The van der Waals surface area contributed by atoms with Gasteiger partial charge in [-0.1, -0.05) is 42.5 Å². The molecule has 1 fully saturated rings. The molecule has 2 aromatic carbocycles. The minimum absolute atomic E-state index is 0.0814. The van der Waals surface area contributed by atoms with E-state index in [0.717, 1.165) is 21.9 Å². The molecule has 1 aliphatic rings. The maximum atomic E-state index is 13.1. The molecule has 0 atom stereocenters. The van der Waals surface area contributed by atoms with E-state index in [1.807, 2.05) is 29.8 Å². The van der Waals surface area contributed by atoms with Crippen molar-refractivity contribution < 1.29 is 13.2 Å². The SMILES string of the molecule is CC(=O)c1ccc(S(=O)(=O)N2CCN(Cc3c(-c4ccccc4)nc4sccn34)CC2)cc1. The number of hydrogen-bond donors (Lipinski definition) is 0. The van der Waals surface area contributed by atoms with Crippen LogP contribution in [-0.4, -0.2) is 59.0 Å². The van der Waals surface area contributed by atoms with Gasteiger partial charge in [-0.05, 0) is 19.1 Å². The summed E-state index contributed by atoms with van der Waals surface area (Å²) in [5, 5.41) is 2.03. The van der Waals surface area contributed by atoms with Crippen LogP contribution in [-0.2, 0) is 16.6 Å². The zero-order chi connectivity index (χ0) is 23.0. The molecule has 1 saturated heterocycles. The first-order valence-corrected chi connectivity index (χ1v) is 13.1. The van der Waals surface area contributed by atoms with Crippen molar-refractivity contribution in [2.45, 2.75) is 18.4 Å². The zero-order valence-electron chi connectivity index (χ0n) is 18.2. The van der Waals surface area contributed by atoms with Gasteiger partial charge in [0.15, 0.2) is 10.7 Å². The second kappa shape index (κ2) is 8.83. The molecule has 7 nitrogen and oxygen atoms in total. The van der Waals surface area contributed by atoms with Gasteiger partial charge in [0.25, 0.3) is 0 Å². The quantitative estimate of drug-likeness (QED) is 0.393. The average molecular weight is 481 g/mol. The molecule has 3 heterocycles. The number of imidazole rings is 1. The van der Waals surface area contributed by atoms with Crippen molar-refractivity contribution in [1.82, 2.24) is 18.6 Å². The van der Waals surface area contributed by atoms with Crippen LogP contribution in [0.1, 0.15) is 23.0 Å². The highest BCUT2D eigenvalue weighted by Gasteiger charge is 2.29. The van der Waals surface area contributed by atoms with E-state index in [9.17, 15) is 13.2 Å². The average Bonchev–Trinajstić information content (AvgIpc) is 3.43. The molecular formula is C24H24N4O3S2. The largest absolute Gasteiger partial charge is 0.295 e. The summed E-state index contributed by atoms with van der Waals surface area (Å²) in [6.07, 6.45) is 2.04. The Kier molecular flexibility index (Phi) is 5.88. The molecule has 1 aliphatic heterocycles. The first kappa shape index (κ1) is 22.0. The monoisotopic (exact) mass is 480 g/mol. The molecule has 0 unspecified atom stereocenters. The Morgan fingerprint density at radius 1 is 1.00 bits per heavy atom. The van der Waals surface area contributed by atoms with Crippen molar-refractivity contribution in [3.8, 4) is 11.3 Å². The van der Waals surface area contributed by atoms with Crippen LogP contribution < -0.4 is 0 Å². The van der Waals surface area contributed by atoms with Gasteiger partial charge in [0, 0.05) is 55.4 Å². The number of carbonyl (C=O) groups is 1. The highest BCUT2D eigenvalue weighted by molar-refractivity contribution is 7.89. The lowest BCUT2D eigenvalue weighted by Gasteiger charge is -2.34. The number of rotatable bonds is 6.